The van der Waals surface area contributed by atoms with Crippen LogP contribution in [0.3, 0.4) is 0 Å². The van der Waals surface area contributed by atoms with Crippen LogP contribution in [0.4, 0.5) is 0 Å². The lowest BCUT2D eigenvalue weighted by atomic mass is 9.88. The molecule has 1 aliphatic heterocycles. The average Bonchev–Trinajstić information content (AvgIpc) is 3.53. The largest absolute Gasteiger partial charge is 0.456 e. The number of hydrogen-bond donors (Lipinski definition) is 0. The van der Waals surface area contributed by atoms with Gasteiger partial charge in [-0.3, -0.25) is 0 Å². The molecule has 0 radical (unpaired) electrons. The molecule has 7 aromatic carbocycles. The predicted octanol–water partition coefficient (Wildman–Crippen LogP) is 13.0. The Balaban J connectivity index is 1.23. The molecule has 1 aliphatic carbocycles. The topological polar surface area (TPSA) is 23.4 Å². The van der Waals surface area contributed by atoms with Crippen LogP contribution in [0.25, 0.3) is 66.4 Å². The zero-order valence-electron chi connectivity index (χ0n) is 27.9. The minimum absolute atomic E-state index is 0.797. The molecule has 0 bridgehead atoms. The summed E-state index contributed by atoms with van der Waals surface area (Å²) in [4.78, 5) is 0. The summed E-state index contributed by atoms with van der Waals surface area (Å²) in [5.74, 6) is 3.27. The molecule has 0 amide bonds. The van der Waals surface area contributed by atoms with Crippen LogP contribution < -0.4 is 9.47 Å². The monoisotopic (exact) mass is 655 g/mol. The number of rotatable bonds is 3. The molecule has 3 nitrogen and oxygen atoms in total. The summed E-state index contributed by atoms with van der Waals surface area (Å²) in [5.41, 5.74) is 11.9. The smallest absolute Gasteiger partial charge is 0.143 e. The van der Waals surface area contributed by atoms with Crippen molar-refractivity contribution in [2.24, 2.45) is 0 Å². The SMILES string of the molecule is C1=C2Oc3ccccc3-c3cccc(-c4ccccc4)c3Oc3cccc(-c4ccc5c(c4)c4ccccc4n5-c4ccccc4)c3C2=CCC1. The minimum Gasteiger partial charge on any atom is -0.456 e. The summed E-state index contributed by atoms with van der Waals surface area (Å²) in [6, 6.07) is 57.8. The molecule has 3 heteroatoms. The van der Waals surface area contributed by atoms with Crippen LogP contribution in [0.2, 0.25) is 0 Å². The number of para-hydroxylation sites is 4. The van der Waals surface area contributed by atoms with Crippen LogP contribution in [0, 0.1) is 0 Å². The fourth-order valence-electron chi connectivity index (χ4n) is 7.82. The fourth-order valence-corrected chi connectivity index (χ4v) is 7.82. The Morgan fingerprint density at radius 1 is 0.431 bits per heavy atom. The van der Waals surface area contributed by atoms with Gasteiger partial charge in [0.15, 0.2) is 0 Å². The van der Waals surface area contributed by atoms with E-state index in [1.807, 2.05) is 6.07 Å². The van der Waals surface area contributed by atoms with Crippen molar-refractivity contribution < 1.29 is 9.47 Å². The van der Waals surface area contributed by atoms with Crippen molar-refractivity contribution >= 4 is 27.4 Å². The van der Waals surface area contributed by atoms with Crippen molar-refractivity contribution in [1.82, 2.24) is 4.57 Å². The number of nitrogens with zero attached hydrogens (tertiary/aromatic N) is 1. The molecule has 2 heterocycles. The highest BCUT2D eigenvalue weighted by atomic mass is 16.5. The van der Waals surface area contributed by atoms with E-state index in [9.17, 15) is 0 Å². The van der Waals surface area contributed by atoms with Crippen LogP contribution >= 0.6 is 0 Å². The second kappa shape index (κ2) is 12.1. The second-order valence-corrected chi connectivity index (χ2v) is 13.1. The molecule has 242 valence electrons. The minimum atomic E-state index is 0.797. The molecular formula is C48H33NO2. The summed E-state index contributed by atoms with van der Waals surface area (Å²) >= 11 is 0. The first-order valence-corrected chi connectivity index (χ1v) is 17.6. The molecular weight excluding hydrogens is 623 g/mol. The zero-order valence-corrected chi connectivity index (χ0v) is 27.9. The molecule has 1 aromatic heterocycles. The lowest BCUT2D eigenvalue weighted by molar-refractivity contribution is 0.440. The van der Waals surface area contributed by atoms with Gasteiger partial charge in [0, 0.05) is 44.3 Å². The average molecular weight is 656 g/mol. The van der Waals surface area contributed by atoms with Gasteiger partial charge in [-0.1, -0.05) is 127 Å². The molecule has 8 aromatic rings. The van der Waals surface area contributed by atoms with Gasteiger partial charge in [0.25, 0.3) is 0 Å². The number of ether oxygens (including phenoxy) is 2. The van der Waals surface area contributed by atoms with Crippen LogP contribution in [0.5, 0.6) is 17.2 Å². The Kier molecular flexibility index (Phi) is 6.95. The maximum atomic E-state index is 7.26. The number of hydrogen-bond acceptors (Lipinski definition) is 2. The van der Waals surface area contributed by atoms with Gasteiger partial charge in [-0.15, -0.1) is 0 Å². The number of fused-ring (bicyclic) bond motifs is 9. The van der Waals surface area contributed by atoms with Gasteiger partial charge < -0.3 is 14.0 Å². The van der Waals surface area contributed by atoms with Gasteiger partial charge in [-0.2, -0.15) is 0 Å². The maximum Gasteiger partial charge on any atom is 0.143 e. The van der Waals surface area contributed by atoms with Crippen molar-refractivity contribution in [3.63, 3.8) is 0 Å². The summed E-state index contributed by atoms with van der Waals surface area (Å²) in [6.07, 6.45) is 6.38. The third-order valence-electron chi connectivity index (χ3n) is 10.1. The van der Waals surface area contributed by atoms with Gasteiger partial charge >= 0.3 is 0 Å². The third kappa shape index (κ3) is 4.89. The van der Waals surface area contributed by atoms with Gasteiger partial charge in [-0.05, 0) is 78.1 Å². The molecule has 0 unspecified atom stereocenters. The summed E-state index contributed by atoms with van der Waals surface area (Å²) in [6.45, 7) is 0. The third-order valence-corrected chi connectivity index (χ3v) is 10.1. The van der Waals surface area contributed by atoms with Crippen LogP contribution in [-0.4, -0.2) is 4.57 Å². The van der Waals surface area contributed by atoms with Crippen LogP contribution in [0.15, 0.2) is 182 Å². The van der Waals surface area contributed by atoms with Crippen molar-refractivity contribution in [3.05, 3.63) is 187 Å². The van der Waals surface area contributed by atoms with E-state index in [2.05, 4.69) is 174 Å². The van der Waals surface area contributed by atoms with E-state index in [0.29, 0.717) is 0 Å². The van der Waals surface area contributed by atoms with Gasteiger partial charge in [0.05, 0.1) is 11.0 Å². The first-order valence-electron chi connectivity index (χ1n) is 17.6. The van der Waals surface area contributed by atoms with E-state index < -0.39 is 0 Å². The summed E-state index contributed by atoms with van der Waals surface area (Å²) in [7, 11) is 0. The molecule has 0 spiro atoms. The van der Waals surface area contributed by atoms with Crippen molar-refractivity contribution in [1.29, 1.82) is 0 Å². The van der Waals surface area contributed by atoms with Crippen LogP contribution in [0.1, 0.15) is 18.4 Å². The van der Waals surface area contributed by atoms with E-state index in [-0.39, 0.29) is 0 Å². The van der Waals surface area contributed by atoms with E-state index in [1.54, 1.807) is 0 Å². The Bertz CT molecular complexity index is 2680. The molecule has 0 atom stereocenters. The van der Waals surface area contributed by atoms with Gasteiger partial charge in [-0.25, -0.2) is 0 Å². The molecule has 2 aliphatic rings. The zero-order chi connectivity index (χ0) is 33.7. The normalized spacial score (nSPS) is 13.5. The summed E-state index contributed by atoms with van der Waals surface area (Å²) < 4.78 is 16.6. The van der Waals surface area contributed by atoms with E-state index in [0.717, 1.165) is 86.1 Å². The number of allylic oxidation sites excluding steroid dienone is 3. The molecule has 10 rings (SSSR count). The Labute approximate surface area is 297 Å². The van der Waals surface area contributed by atoms with Crippen molar-refractivity contribution in [2.75, 3.05) is 0 Å². The fraction of sp³-hybridized carbons (Fsp3) is 0.0417. The Morgan fingerprint density at radius 2 is 1.10 bits per heavy atom. The Hall–Kier alpha value is -6.58. The molecule has 0 fully saturated rings. The van der Waals surface area contributed by atoms with E-state index >= 15 is 0 Å². The second-order valence-electron chi connectivity index (χ2n) is 13.1. The number of benzene rings is 7. The predicted molar refractivity (Wildman–Crippen MR) is 210 cm³/mol. The van der Waals surface area contributed by atoms with Crippen molar-refractivity contribution in [2.45, 2.75) is 12.8 Å². The molecule has 0 saturated heterocycles. The van der Waals surface area contributed by atoms with Gasteiger partial charge in [0.2, 0.25) is 0 Å². The van der Waals surface area contributed by atoms with Crippen molar-refractivity contribution in [3.8, 4) is 56.3 Å². The molecule has 51 heavy (non-hydrogen) atoms. The lowest BCUT2D eigenvalue weighted by Gasteiger charge is -2.27. The standard InChI is InChI=1S/C48H33NO2/c1-3-15-32(16-4-1)36-23-13-24-39-38-20-8-11-26-44(38)50-45-27-12-9-21-40(45)47-35(22-14-28-46(47)51-48(36)39)33-29-30-43-41(31-33)37-19-7-10-25-42(37)49(43)34-17-5-2-6-18-34/h1-8,10-11,13-31H,9,12H2. The lowest BCUT2D eigenvalue weighted by Crippen LogP contribution is -2.08. The quantitative estimate of drug-likeness (QED) is 0.189. The first kappa shape index (κ1) is 29.3. The highest BCUT2D eigenvalue weighted by molar-refractivity contribution is 6.11. The summed E-state index contributed by atoms with van der Waals surface area (Å²) in [5, 5.41) is 2.43. The molecule has 0 N–H and O–H groups in total. The van der Waals surface area contributed by atoms with Crippen LogP contribution in [-0.2, 0) is 0 Å². The number of aromatic nitrogens is 1. The highest BCUT2D eigenvalue weighted by Crippen LogP contribution is 2.50. The first-order chi connectivity index (χ1) is 25.3. The van der Waals surface area contributed by atoms with E-state index in [1.165, 1.54) is 21.8 Å². The van der Waals surface area contributed by atoms with Gasteiger partial charge in [0.1, 0.15) is 23.0 Å². The Morgan fingerprint density at radius 3 is 2.00 bits per heavy atom. The molecule has 0 saturated carbocycles. The highest BCUT2D eigenvalue weighted by Gasteiger charge is 2.27. The van der Waals surface area contributed by atoms with E-state index in [4.69, 9.17) is 9.47 Å². The maximum absolute atomic E-state index is 7.26.